The van der Waals surface area contributed by atoms with E-state index in [1.165, 1.54) is 0 Å². The van der Waals surface area contributed by atoms with Gasteiger partial charge in [0.05, 0.1) is 11.9 Å². The first-order chi connectivity index (χ1) is 14.8. The smallest absolute Gasteiger partial charge is 0.263 e. The SMILES string of the molecule is Cc1sc2nc(CN3CCCC3)n(CC(=O)Nc3ccccc3C(C)C)c(=O)c2c1C. The van der Waals surface area contributed by atoms with Gasteiger partial charge in [-0.2, -0.15) is 0 Å². The molecule has 0 bridgehead atoms. The van der Waals surface area contributed by atoms with Crippen LogP contribution in [0.1, 0.15) is 54.4 Å². The minimum absolute atomic E-state index is 0.0360. The molecular weight excluding hydrogens is 408 g/mol. The van der Waals surface area contributed by atoms with E-state index in [1.807, 2.05) is 38.1 Å². The van der Waals surface area contributed by atoms with Crippen LogP contribution in [0.3, 0.4) is 0 Å². The fourth-order valence-electron chi connectivity index (χ4n) is 4.24. The van der Waals surface area contributed by atoms with Gasteiger partial charge in [0.25, 0.3) is 5.56 Å². The summed E-state index contributed by atoms with van der Waals surface area (Å²) in [5.74, 6) is 0.760. The van der Waals surface area contributed by atoms with Gasteiger partial charge in [-0.25, -0.2) is 4.98 Å². The van der Waals surface area contributed by atoms with Gasteiger partial charge in [-0.3, -0.25) is 19.1 Å². The maximum absolute atomic E-state index is 13.5. The molecule has 164 valence electrons. The summed E-state index contributed by atoms with van der Waals surface area (Å²) in [7, 11) is 0. The molecule has 1 amide bonds. The molecule has 0 unspecified atom stereocenters. The zero-order chi connectivity index (χ0) is 22.1. The Morgan fingerprint density at radius 1 is 1.19 bits per heavy atom. The lowest BCUT2D eigenvalue weighted by Crippen LogP contribution is -2.33. The third-order valence-corrected chi connectivity index (χ3v) is 7.19. The second-order valence-corrected chi connectivity index (χ2v) is 9.86. The van der Waals surface area contributed by atoms with Crippen LogP contribution in [0.5, 0.6) is 0 Å². The van der Waals surface area contributed by atoms with Crippen molar-refractivity contribution in [3.8, 4) is 0 Å². The summed E-state index contributed by atoms with van der Waals surface area (Å²) in [5.41, 5.74) is 2.73. The highest BCUT2D eigenvalue weighted by Gasteiger charge is 2.21. The van der Waals surface area contributed by atoms with Crippen LogP contribution in [0, 0.1) is 13.8 Å². The molecule has 31 heavy (non-hydrogen) atoms. The summed E-state index contributed by atoms with van der Waals surface area (Å²) in [6.45, 7) is 10.7. The lowest BCUT2D eigenvalue weighted by Gasteiger charge is -2.19. The molecule has 1 aromatic carbocycles. The predicted octanol–water partition coefficient (Wildman–Crippen LogP) is 4.43. The largest absolute Gasteiger partial charge is 0.324 e. The molecule has 0 radical (unpaired) electrons. The van der Waals surface area contributed by atoms with E-state index in [0.717, 1.165) is 52.5 Å². The molecule has 1 aliphatic heterocycles. The van der Waals surface area contributed by atoms with Crippen LogP contribution in [0.25, 0.3) is 10.2 Å². The summed E-state index contributed by atoms with van der Waals surface area (Å²) in [4.78, 5) is 35.5. The van der Waals surface area contributed by atoms with E-state index >= 15 is 0 Å². The number of benzene rings is 1. The first-order valence-corrected chi connectivity index (χ1v) is 11.8. The number of nitrogens with zero attached hydrogens (tertiary/aromatic N) is 3. The number of aryl methyl sites for hydroxylation is 2. The third kappa shape index (κ3) is 4.43. The van der Waals surface area contributed by atoms with Crippen LogP contribution >= 0.6 is 11.3 Å². The van der Waals surface area contributed by atoms with Crippen molar-refractivity contribution in [3.05, 3.63) is 56.4 Å². The lowest BCUT2D eigenvalue weighted by molar-refractivity contribution is -0.116. The van der Waals surface area contributed by atoms with E-state index in [0.29, 0.717) is 23.7 Å². The molecule has 2 aromatic heterocycles. The molecule has 7 heteroatoms. The molecule has 1 aliphatic rings. The van der Waals surface area contributed by atoms with Crippen molar-refractivity contribution in [2.45, 2.75) is 59.5 Å². The quantitative estimate of drug-likeness (QED) is 0.618. The van der Waals surface area contributed by atoms with E-state index in [1.54, 1.807) is 15.9 Å². The Morgan fingerprint density at radius 2 is 1.90 bits per heavy atom. The van der Waals surface area contributed by atoms with E-state index in [9.17, 15) is 9.59 Å². The van der Waals surface area contributed by atoms with Gasteiger partial charge in [-0.05, 0) is 62.9 Å². The summed E-state index contributed by atoms with van der Waals surface area (Å²) in [5, 5.41) is 3.66. The van der Waals surface area contributed by atoms with Gasteiger partial charge >= 0.3 is 0 Å². The average Bonchev–Trinajstić information content (AvgIpc) is 3.33. The number of nitrogens with one attached hydrogen (secondary N) is 1. The van der Waals surface area contributed by atoms with Crippen LogP contribution in [0.4, 0.5) is 5.69 Å². The maximum Gasteiger partial charge on any atom is 0.263 e. The molecular formula is C24H30N4O2S. The van der Waals surface area contributed by atoms with Crippen LogP contribution in [-0.4, -0.2) is 33.4 Å². The first kappa shape index (κ1) is 21.7. The third-order valence-electron chi connectivity index (χ3n) is 6.09. The number of thiophene rings is 1. The number of rotatable bonds is 6. The molecule has 0 spiro atoms. The number of anilines is 1. The predicted molar refractivity (Wildman–Crippen MR) is 127 cm³/mol. The molecule has 0 aliphatic carbocycles. The van der Waals surface area contributed by atoms with Gasteiger partial charge in [0.1, 0.15) is 17.2 Å². The van der Waals surface area contributed by atoms with Crippen LogP contribution < -0.4 is 10.9 Å². The number of para-hydroxylation sites is 1. The van der Waals surface area contributed by atoms with Crippen molar-refractivity contribution in [2.24, 2.45) is 0 Å². The van der Waals surface area contributed by atoms with Gasteiger partial charge in [0.2, 0.25) is 5.91 Å². The topological polar surface area (TPSA) is 67.2 Å². The Morgan fingerprint density at radius 3 is 2.61 bits per heavy atom. The van der Waals surface area contributed by atoms with Gasteiger partial charge in [0.15, 0.2) is 0 Å². The summed E-state index contributed by atoms with van der Waals surface area (Å²) in [6, 6.07) is 7.83. The normalized spacial score (nSPS) is 14.6. The number of fused-ring (bicyclic) bond motifs is 1. The number of carbonyl (C=O) groups excluding carboxylic acids is 1. The van der Waals surface area contributed by atoms with Crippen molar-refractivity contribution in [1.82, 2.24) is 14.5 Å². The zero-order valence-electron chi connectivity index (χ0n) is 18.7. The summed E-state index contributed by atoms with van der Waals surface area (Å²) in [6.07, 6.45) is 2.33. The first-order valence-electron chi connectivity index (χ1n) is 11.0. The number of carbonyl (C=O) groups is 1. The molecule has 0 atom stereocenters. The molecule has 0 saturated carbocycles. The maximum atomic E-state index is 13.5. The van der Waals surface area contributed by atoms with Crippen LogP contribution in [-0.2, 0) is 17.9 Å². The average molecular weight is 439 g/mol. The highest BCUT2D eigenvalue weighted by atomic mass is 32.1. The highest BCUT2D eigenvalue weighted by Crippen LogP contribution is 2.27. The summed E-state index contributed by atoms with van der Waals surface area (Å²) >= 11 is 1.56. The van der Waals surface area contributed by atoms with Crippen LogP contribution in [0.15, 0.2) is 29.1 Å². The Kier molecular flexibility index (Phi) is 6.25. The Balaban J connectivity index is 1.69. The Labute approximate surface area is 186 Å². The van der Waals surface area contributed by atoms with Crippen LogP contribution in [0.2, 0.25) is 0 Å². The van der Waals surface area contributed by atoms with Gasteiger partial charge in [-0.1, -0.05) is 32.0 Å². The number of aromatic nitrogens is 2. The highest BCUT2D eigenvalue weighted by molar-refractivity contribution is 7.18. The Bertz CT molecular complexity index is 1170. The number of hydrogen-bond donors (Lipinski definition) is 1. The fraction of sp³-hybridized carbons (Fsp3) is 0.458. The Hall–Kier alpha value is -2.51. The number of likely N-dealkylation sites (tertiary alicyclic amines) is 1. The molecule has 1 N–H and O–H groups in total. The zero-order valence-corrected chi connectivity index (χ0v) is 19.5. The van der Waals surface area contributed by atoms with Gasteiger partial charge in [0, 0.05) is 10.6 Å². The van der Waals surface area contributed by atoms with E-state index in [4.69, 9.17) is 4.98 Å². The molecule has 1 saturated heterocycles. The minimum Gasteiger partial charge on any atom is -0.324 e. The molecule has 3 aromatic rings. The van der Waals surface area contributed by atoms with E-state index in [2.05, 4.69) is 24.1 Å². The van der Waals surface area contributed by atoms with Gasteiger partial charge < -0.3 is 5.32 Å². The summed E-state index contributed by atoms with van der Waals surface area (Å²) < 4.78 is 1.58. The molecule has 4 rings (SSSR count). The monoisotopic (exact) mass is 438 g/mol. The van der Waals surface area contributed by atoms with Gasteiger partial charge in [-0.15, -0.1) is 11.3 Å². The fourth-order valence-corrected chi connectivity index (χ4v) is 5.28. The van der Waals surface area contributed by atoms with Crippen molar-refractivity contribution in [2.75, 3.05) is 18.4 Å². The van der Waals surface area contributed by atoms with Crippen molar-refractivity contribution < 1.29 is 4.79 Å². The van der Waals surface area contributed by atoms with E-state index < -0.39 is 0 Å². The van der Waals surface area contributed by atoms with Crippen molar-refractivity contribution in [3.63, 3.8) is 0 Å². The number of hydrogen-bond acceptors (Lipinski definition) is 5. The second kappa shape index (κ2) is 8.93. The number of amides is 1. The molecule has 6 nitrogen and oxygen atoms in total. The molecule has 3 heterocycles. The lowest BCUT2D eigenvalue weighted by atomic mass is 10.0. The van der Waals surface area contributed by atoms with Crippen molar-refractivity contribution >= 4 is 33.1 Å². The van der Waals surface area contributed by atoms with E-state index in [-0.39, 0.29) is 18.0 Å². The second-order valence-electron chi connectivity index (χ2n) is 8.66. The van der Waals surface area contributed by atoms with Crippen molar-refractivity contribution in [1.29, 1.82) is 0 Å². The minimum atomic E-state index is -0.205. The molecule has 1 fully saturated rings. The standard InChI is InChI=1S/C24H30N4O2S/c1-15(2)18-9-5-6-10-19(18)25-21(29)14-28-20(13-27-11-7-8-12-27)26-23-22(24(28)30)16(3)17(4)31-23/h5-6,9-10,15H,7-8,11-14H2,1-4H3,(H,25,29).